The second-order valence-electron chi connectivity index (χ2n) is 9.31. The van der Waals surface area contributed by atoms with Gasteiger partial charge in [-0.15, -0.1) is 0 Å². The van der Waals surface area contributed by atoms with Crippen LogP contribution >= 0.6 is 0 Å². The Labute approximate surface area is 220 Å². The number of ether oxygens (including phenoxy) is 2. The number of ketones is 1. The molecular formula is C30H28FNO6. The SMILES string of the molecule is COc1ccc(F)cc1/C(O)=C1\C(=O)C(=O)N(c2ccc(CC(=O)OC(C)C)cc2)C1c1cccc(C)c1. The summed E-state index contributed by atoms with van der Waals surface area (Å²) in [5.74, 6) is -3.17. The molecule has 0 saturated carbocycles. The Morgan fingerprint density at radius 3 is 2.39 bits per heavy atom. The Balaban J connectivity index is 1.83. The van der Waals surface area contributed by atoms with Gasteiger partial charge in [-0.05, 0) is 62.2 Å². The van der Waals surface area contributed by atoms with Crippen LogP contribution in [0.15, 0.2) is 72.3 Å². The van der Waals surface area contributed by atoms with Gasteiger partial charge >= 0.3 is 5.97 Å². The zero-order valence-corrected chi connectivity index (χ0v) is 21.5. The number of amides is 1. The van der Waals surface area contributed by atoms with Crippen LogP contribution in [0.2, 0.25) is 0 Å². The van der Waals surface area contributed by atoms with E-state index in [0.29, 0.717) is 16.8 Å². The van der Waals surface area contributed by atoms with E-state index in [1.54, 1.807) is 50.2 Å². The quantitative estimate of drug-likeness (QED) is 0.199. The summed E-state index contributed by atoms with van der Waals surface area (Å²) in [6.45, 7) is 5.40. The third-order valence-electron chi connectivity index (χ3n) is 6.15. The average Bonchev–Trinajstić information content (AvgIpc) is 3.14. The van der Waals surface area contributed by atoms with Gasteiger partial charge < -0.3 is 14.6 Å². The molecule has 0 radical (unpaired) electrons. The first kappa shape index (κ1) is 26.6. The second-order valence-corrected chi connectivity index (χ2v) is 9.31. The van der Waals surface area contributed by atoms with Crippen molar-refractivity contribution in [3.8, 4) is 5.75 Å². The van der Waals surface area contributed by atoms with E-state index in [2.05, 4.69) is 0 Å². The van der Waals surface area contributed by atoms with Crippen molar-refractivity contribution in [2.24, 2.45) is 0 Å². The van der Waals surface area contributed by atoms with Crippen LogP contribution in [0.5, 0.6) is 5.75 Å². The minimum absolute atomic E-state index is 0.0397. The first-order valence-corrected chi connectivity index (χ1v) is 12.1. The van der Waals surface area contributed by atoms with Gasteiger partial charge in [-0.25, -0.2) is 4.39 Å². The number of carbonyl (C=O) groups is 3. The van der Waals surface area contributed by atoms with Crippen LogP contribution in [0.3, 0.4) is 0 Å². The number of benzene rings is 3. The number of hydrogen-bond donors (Lipinski definition) is 1. The summed E-state index contributed by atoms with van der Waals surface area (Å²) in [5.41, 5.74) is 2.31. The first-order valence-electron chi connectivity index (χ1n) is 12.1. The Hall–Kier alpha value is -4.46. The molecule has 1 atom stereocenters. The molecular weight excluding hydrogens is 489 g/mol. The van der Waals surface area contributed by atoms with Gasteiger partial charge in [-0.3, -0.25) is 19.3 Å². The van der Waals surface area contributed by atoms with Crippen molar-refractivity contribution >= 4 is 29.1 Å². The maximum atomic E-state index is 14.1. The van der Waals surface area contributed by atoms with E-state index in [0.717, 1.165) is 11.6 Å². The van der Waals surface area contributed by atoms with E-state index in [-0.39, 0.29) is 35.4 Å². The lowest BCUT2D eigenvalue weighted by molar-refractivity contribution is -0.146. The summed E-state index contributed by atoms with van der Waals surface area (Å²) >= 11 is 0. The molecule has 7 nitrogen and oxygen atoms in total. The van der Waals surface area contributed by atoms with Crippen molar-refractivity contribution in [3.05, 3.63) is 100 Å². The van der Waals surface area contributed by atoms with Crippen molar-refractivity contribution in [2.75, 3.05) is 12.0 Å². The number of aliphatic hydroxyl groups excluding tert-OH is 1. The smallest absolute Gasteiger partial charge is 0.310 e. The van der Waals surface area contributed by atoms with Gasteiger partial charge in [0.15, 0.2) is 0 Å². The number of carbonyl (C=O) groups excluding carboxylic acids is 3. The number of nitrogens with zero attached hydrogens (tertiary/aromatic N) is 1. The van der Waals surface area contributed by atoms with Crippen LogP contribution in [0.4, 0.5) is 10.1 Å². The molecule has 1 amide bonds. The van der Waals surface area contributed by atoms with E-state index >= 15 is 0 Å². The van der Waals surface area contributed by atoms with Gasteiger partial charge in [-0.2, -0.15) is 0 Å². The summed E-state index contributed by atoms with van der Waals surface area (Å²) in [6.07, 6.45) is -0.183. The van der Waals surface area contributed by atoms with Gasteiger partial charge in [0.2, 0.25) is 0 Å². The van der Waals surface area contributed by atoms with Gasteiger partial charge in [0, 0.05) is 5.69 Å². The van der Waals surface area contributed by atoms with Crippen LogP contribution in [-0.2, 0) is 25.5 Å². The summed E-state index contributed by atoms with van der Waals surface area (Å²) in [6, 6.07) is 16.4. The number of anilines is 1. The number of rotatable bonds is 7. The van der Waals surface area contributed by atoms with Crippen LogP contribution in [0.25, 0.3) is 5.76 Å². The molecule has 1 fully saturated rings. The molecule has 1 unspecified atom stereocenters. The lowest BCUT2D eigenvalue weighted by atomic mass is 9.94. The number of methoxy groups -OCH3 is 1. The maximum absolute atomic E-state index is 14.1. The molecule has 3 aromatic carbocycles. The lowest BCUT2D eigenvalue weighted by Gasteiger charge is -2.26. The fraction of sp³-hybridized carbons (Fsp3) is 0.233. The average molecular weight is 518 g/mol. The molecule has 196 valence electrons. The third kappa shape index (κ3) is 5.29. The Morgan fingerprint density at radius 1 is 1.05 bits per heavy atom. The van der Waals surface area contributed by atoms with E-state index in [1.807, 2.05) is 19.1 Å². The minimum atomic E-state index is -0.986. The Bertz CT molecular complexity index is 1430. The van der Waals surface area contributed by atoms with Crippen LogP contribution in [0.1, 0.15) is 42.1 Å². The topological polar surface area (TPSA) is 93.1 Å². The van der Waals surface area contributed by atoms with Gasteiger partial charge in [0.05, 0.1) is 36.8 Å². The largest absolute Gasteiger partial charge is 0.507 e. The van der Waals surface area contributed by atoms with Crippen LogP contribution in [-0.4, -0.2) is 36.0 Å². The summed E-state index contributed by atoms with van der Waals surface area (Å²) < 4.78 is 24.6. The molecule has 1 heterocycles. The molecule has 0 bridgehead atoms. The Morgan fingerprint density at radius 2 is 1.76 bits per heavy atom. The monoisotopic (exact) mass is 517 g/mol. The van der Waals surface area contributed by atoms with Gasteiger partial charge in [0.25, 0.3) is 11.7 Å². The number of esters is 1. The molecule has 1 N–H and O–H groups in total. The molecule has 1 saturated heterocycles. The predicted octanol–water partition coefficient (Wildman–Crippen LogP) is 5.26. The van der Waals surface area contributed by atoms with E-state index in [9.17, 15) is 23.9 Å². The number of aryl methyl sites for hydroxylation is 1. The zero-order chi connectivity index (χ0) is 27.6. The molecule has 4 rings (SSSR count). The van der Waals surface area contributed by atoms with Crippen molar-refractivity contribution in [1.29, 1.82) is 0 Å². The van der Waals surface area contributed by atoms with Gasteiger partial charge in [0.1, 0.15) is 17.3 Å². The minimum Gasteiger partial charge on any atom is -0.507 e. The fourth-order valence-electron chi connectivity index (χ4n) is 4.51. The van der Waals surface area contributed by atoms with E-state index in [4.69, 9.17) is 9.47 Å². The summed E-state index contributed by atoms with van der Waals surface area (Å²) in [5, 5.41) is 11.3. The first-order chi connectivity index (χ1) is 18.1. The molecule has 1 aliphatic rings. The molecule has 0 aromatic heterocycles. The van der Waals surface area contributed by atoms with Crippen LogP contribution < -0.4 is 9.64 Å². The van der Waals surface area contributed by atoms with E-state index < -0.39 is 29.3 Å². The molecule has 1 aliphatic heterocycles. The standard InChI is InChI=1S/C30H28FNO6/c1-17(2)38-25(33)15-19-8-11-22(12-9-19)32-27(20-7-5-6-18(3)14-20)26(29(35)30(32)36)28(34)23-16-21(31)10-13-24(23)37-4/h5-14,16-17,27,34H,15H2,1-4H3/b28-26+. The predicted molar refractivity (Wildman–Crippen MR) is 140 cm³/mol. The number of aliphatic hydroxyl groups is 1. The number of hydrogen-bond acceptors (Lipinski definition) is 6. The molecule has 38 heavy (non-hydrogen) atoms. The highest BCUT2D eigenvalue weighted by Crippen LogP contribution is 2.43. The highest BCUT2D eigenvalue weighted by molar-refractivity contribution is 6.51. The van der Waals surface area contributed by atoms with Crippen molar-refractivity contribution in [1.82, 2.24) is 0 Å². The summed E-state index contributed by atoms with van der Waals surface area (Å²) in [7, 11) is 1.36. The maximum Gasteiger partial charge on any atom is 0.310 e. The fourth-order valence-corrected chi connectivity index (χ4v) is 4.51. The zero-order valence-electron chi connectivity index (χ0n) is 21.5. The Kier molecular flexibility index (Phi) is 7.62. The summed E-state index contributed by atoms with van der Waals surface area (Å²) in [4.78, 5) is 40.1. The van der Waals surface area contributed by atoms with Crippen molar-refractivity contribution in [2.45, 2.75) is 39.3 Å². The normalized spacial score (nSPS) is 16.7. The third-order valence-corrected chi connectivity index (χ3v) is 6.15. The van der Waals surface area contributed by atoms with Crippen LogP contribution in [0, 0.1) is 12.7 Å². The lowest BCUT2D eigenvalue weighted by Crippen LogP contribution is -2.29. The second kappa shape index (κ2) is 10.9. The van der Waals surface area contributed by atoms with Crippen molar-refractivity contribution in [3.63, 3.8) is 0 Å². The molecule has 8 heteroatoms. The number of Topliss-reactive ketones (excluding diaryl/α,β-unsaturated/α-hetero) is 1. The van der Waals surface area contributed by atoms with Gasteiger partial charge in [-0.1, -0.05) is 42.0 Å². The number of halogens is 1. The molecule has 0 aliphatic carbocycles. The van der Waals surface area contributed by atoms with E-state index in [1.165, 1.54) is 24.1 Å². The highest BCUT2D eigenvalue weighted by Gasteiger charge is 2.47. The highest BCUT2D eigenvalue weighted by atomic mass is 19.1. The van der Waals surface area contributed by atoms with Crippen molar-refractivity contribution < 1.29 is 33.4 Å². The molecule has 0 spiro atoms. The molecule has 3 aromatic rings.